The molecule has 1 amide bonds. The lowest BCUT2D eigenvalue weighted by Crippen LogP contribution is -2.93. The van der Waals surface area contributed by atoms with Crippen molar-refractivity contribution in [2.45, 2.75) is 5.66 Å². The maximum absolute atomic E-state index is 12.6. The number of nitrogens with two attached hydrogens (primary N) is 1. The van der Waals surface area contributed by atoms with Crippen molar-refractivity contribution < 1.29 is 10.1 Å². The molecule has 4 rings (SSSR count). The van der Waals surface area contributed by atoms with Crippen molar-refractivity contribution in [1.29, 1.82) is 0 Å². The lowest BCUT2D eigenvalue weighted by Gasteiger charge is -2.29. The smallest absolute Gasteiger partial charge is 0.259 e. The summed E-state index contributed by atoms with van der Waals surface area (Å²) in [5, 5.41) is 2.28. The Balaban J connectivity index is 2.02. The van der Waals surface area contributed by atoms with E-state index in [4.69, 9.17) is 0 Å². The Morgan fingerprint density at radius 1 is 1.00 bits per heavy atom. The first-order valence-corrected chi connectivity index (χ1v) is 6.65. The standard InChI is InChI=1S/C16H14N2O/c19-15-13-8-4-5-9-14(13)16(17-10-11-18(15)16)12-6-2-1-3-7-12/h1-9,17H,10-11H2/p+1/t16-/m0/s1. The van der Waals surface area contributed by atoms with Crippen molar-refractivity contribution in [3.05, 3.63) is 71.3 Å². The van der Waals surface area contributed by atoms with Gasteiger partial charge in [-0.1, -0.05) is 42.5 Å². The van der Waals surface area contributed by atoms with Crippen LogP contribution >= 0.6 is 0 Å². The van der Waals surface area contributed by atoms with E-state index in [0.29, 0.717) is 0 Å². The molecule has 2 aromatic carbocycles. The van der Waals surface area contributed by atoms with E-state index in [9.17, 15) is 4.79 Å². The zero-order chi connectivity index (χ0) is 12.9. The summed E-state index contributed by atoms with van der Waals surface area (Å²) in [5.74, 6) is 0.160. The number of hydrogen-bond donors (Lipinski definition) is 1. The highest BCUT2D eigenvalue weighted by molar-refractivity contribution is 6.00. The van der Waals surface area contributed by atoms with E-state index in [1.807, 2.05) is 41.3 Å². The van der Waals surface area contributed by atoms with E-state index in [-0.39, 0.29) is 11.6 Å². The Labute approximate surface area is 111 Å². The highest BCUT2D eigenvalue weighted by Gasteiger charge is 2.57. The fourth-order valence-electron chi connectivity index (χ4n) is 3.47. The Kier molecular flexibility index (Phi) is 2.09. The number of hydrogen-bond acceptors (Lipinski definition) is 1. The first-order chi connectivity index (χ1) is 9.34. The van der Waals surface area contributed by atoms with Crippen LogP contribution in [0.2, 0.25) is 0 Å². The molecule has 2 aromatic rings. The number of fused-ring (bicyclic) bond motifs is 3. The number of benzene rings is 2. The van der Waals surface area contributed by atoms with Crippen molar-refractivity contribution in [2.24, 2.45) is 0 Å². The summed E-state index contributed by atoms with van der Waals surface area (Å²) in [4.78, 5) is 14.6. The average molecular weight is 251 g/mol. The van der Waals surface area contributed by atoms with E-state index >= 15 is 0 Å². The molecule has 2 N–H and O–H groups in total. The molecule has 3 heteroatoms. The number of carbonyl (C=O) groups is 1. The summed E-state index contributed by atoms with van der Waals surface area (Å²) in [7, 11) is 0. The van der Waals surface area contributed by atoms with Gasteiger partial charge in [-0.15, -0.1) is 0 Å². The van der Waals surface area contributed by atoms with Gasteiger partial charge in [0, 0.05) is 5.56 Å². The van der Waals surface area contributed by atoms with E-state index in [1.54, 1.807) is 0 Å². The number of rotatable bonds is 1. The van der Waals surface area contributed by atoms with Crippen molar-refractivity contribution >= 4 is 5.91 Å². The van der Waals surface area contributed by atoms with Gasteiger partial charge < -0.3 is 5.32 Å². The third-order valence-electron chi connectivity index (χ3n) is 4.25. The predicted molar refractivity (Wildman–Crippen MR) is 71.5 cm³/mol. The molecule has 1 atom stereocenters. The normalized spacial score (nSPS) is 24.4. The van der Waals surface area contributed by atoms with Gasteiger partial charge in [0.1, 0.15) is 0 Å². The molecule has 0 radical (unpaired) electrons. The molecule has 0 aliphatic carbocycles. The Bertz CT molecular complexity index is 653. The summed E-state index contributed by atoms with van der Waals surface area (Å²) in [5.41, 5.74) is 2.83. The van der Waals surface area contributed by atoms with Crippen LogP contribution in [0.3, 0.4) is 0 Å². The van der Waals surface area contributed by atoms with Crippen molar-refractivity contribution in [1.82, 2.24) is 4.90 Å². The van der Waals surface area contributed by atoms with E-state index in [1.165, 1.54) is 5.56 Å². The van der Waals surface area contributed by atoms with Gasteiger partial charge in [0.15, 0.2) is 0 Å². The minimum absolute atomic E-state index is 0.160. The fraction of sp³-hybridized carbons (Fsp3) is 0.188. The second-order valence-electron chi connectivity index (χ2n) is 5.13. The lowest BCUT2D eigenvalue weighted by molar-refractivity contribution is -0.716. The molecule has 1 fully saturated rings. The molecule has 3 nitrogen and oxygen atoms in total. The SMILES string of the molecule is O=C1c2ccccc2[C@@]2(c3ccccc3)[NH2+]CCN12. The van der Waals surface area contributed by atoms with Crippen LogP contribution in [0.4, 0.5) is 0 Å². The largest absolute Gasteiger partial charge is 0.315 e. The average Bonchev–Trinajstić information content (AvgIpc) is 3.01. The lowest BCUT2D eigenvalue weighted by atomic mass is 9.91. The molecule has 0 unspecified atom stereocenters. The van der Waals surface area contributed by atoms with Crippen molar-refractivity contribution in [3.8, 4) is 0 Å². The van der Waals surface area contributed by atoms with Gasteiger partial charge in [-0.3, -0.25) is 9.69 Å². The minimum Gasteiger partial charge on any atom is -0.315 e. The van der Waals surface area contributed by atoms with Gasteiger partial charge in [0.05, 0.1) is 24.2 Å². The highest BCUT2D eigenvalue weighted by atomic mass is 16.2. The maximum Gasteiger partial charge on any atom is 0.259 e. The summed E-state index contributed by atoms with van der Waals surface area (Å²) in [6.07, 6.45) is 0. The third kappa shape index (κ3) is 1.23. The molecule has 1 saturated heterocycles. The minimum atomic E-state index is -0.338. The summed E-state index contributed by atoms with van der Waals surface area (Å²) in [6, 6.07) is 18.3. The van der Waals surface area contributed by atoms with Crippen LogP contribution in [0.1, 0.15) is 21.5 Å². The molecule has 2 aliphatic rings. The van der Waals surface area contributed by atoms with E-state index < -0.39 is 0 Å². The van der Waals surface area contributed by atoms with Crippen LogP contribution in [0.15, 0.2) is 54.6 Å². The molecule has 0 aromatic heterocycles. The van der Waals surface area contributed by atoms with Crippen LogP contribution in [-0.4, -0.2) is 23.9 Å². The predicted octanol–water partition coefficient (Wildman–Crippen LogP) is 0.920. The van der Waals surface area contributed by atoms with Crippen LogP contribution in [-0.2, 0) is 5.66 Å². The van der Waals surface area contributed by atoms with Gasteiger partial charge in [0.2, 0.25) is 5.66 Å². The molecule has 2 aliphatic heterocycles. The van der Waals surface area contributed by atoms with Gasteiger partial charge in [0.25, 0.3) is 5.91 Å². The highest BCUT2D eigenvalue weighted by Crippen LogP contribution is 2.40. The summed E-state index contributed by atoms with van der Waals surface area (Å²) < 4.78 is 0. The maximum atomic E-state index is 12.6. The zero-order valence-corrected chi connectivity index (χ0v) is 10.5. The Morgan fingerprint density at radius 2 is 1.74 bits per heavy atom. The number of carbonyl (C=O) groups excluding carboxylic acids is 1. The molecule has 0 spiro atoms. The van der Waals surface area contributed by atoms with Gasteiger partial charge in [-0.25, -0.2) is 0 Å². The summed E-state index contributed by atoms with van der Waals surface area (Å²) in [6.45, 7) is 1.76. The Morgan fingerprint density at radius 3 is 2.58 bits per heavy atom. The monoisotopic (exact) mass is 251 g/mol. The van der Waals surface area contributed by atoms with E-state index in [0.717, 1.165) is 24.2 Å². The molecule has 19 heavy (non-hydrogen) atoms. The second kappa shape index (κ2) is 3.68. The number of amides is 1. The molecule has 0 saturated carbocycles. The third-order valence-corrected chi connectivity index (χ3v) is 4.25. The van der Waals surface area contributed by atoms with Crippen LogP contribution < -0.4 is 5.32 Å². The Hall–Kier alpha value is -2.13. The van der Waals surface area contributed by atoms with Gasteiger partial charge in [-0.2, -0.15) is 0 Å². The second-order valence-corrected chi connectivity index (χ2v) is 5.13. The van der Waals surface area contributed by atoms with Crippen molar-refractivity contribution in [2.75, 3.05) is 13.1 Å². The van der Waals surface area contributed by atoms with Gasteiger partial charge >= 0.3 is 0 Å². The molecule has 0 bridgehead atoms. The van der Waals surface area contributed by atoms with E-state index in [2.05, 4.69) is 23.5 Å². The van der Waals surface area contributed by atoms with Crippen molar-refractivity contribution in [3.63, 3.8) is 0 Å². The van der Waals surface area contributed by atoms with Crippen LogP contribution in [0.5, 0.6) is 0 Å². The fourth-order valence-corrected chi connectivity index (χ4v) is 3.47. The first kappa shape index (κ1) is 10.8. The first-order valence-electron chi connectivity index (χ1n) is 6.65. The van der Waals surface area contributed by atoms with Gasteiger partial charge in [-0.05, 0) is 12.1 Å². The quantitative estimate of drug-likeness (QED) is 0.804. The van der Waals surface area contributed by atoms with Crippen LogP contribution in [0.25, 0.3) is 0 Å². The molecule has 94 valence electrons. The molecular weight excluding hydrogens is 236 g/mol. The van der Waals surface area contributed by atoms with Crippen LogP contribution in [0, 0.1) is 0 Å². The number of nitrogens with zero attached hydrogens (tertiary/aromatic N) is 1. The number of quaternary nitrogens is 1. The molecular formula is C16H15N2O+. The zero-order valence-electron chi connectivity index (χ0n) is 10.5. The summed E-state index contributed by atoms with van der Waals surface area (Å²) >= 11 is 0. The molecule has 2 heterocycles. The topological polar surface area (TPSA) is 36.9 Å².